The predicted molar refractivity (Wildman–Crippen MR) is 57.5 cm³/mol. The molecule has 0 fully saturated rings. The van der Waals surface area contributed by atoms with Crippen LogP contribution in [0.2, 0.25) is 6.04 Å². The van der Waals surface area contributed by atoms with Crippen molar-refractivity contribution in [3.63, 3.8) is 0 Å². The summed E-state index contributed by atoms with van der Waals surface area (Å²) in [5, 5.41) is 0. The molecule has 0 radical (unpaired) electrons. The fourth-order valence-corrected chi connectivity index (χ4v) is 3.48. The molecule has 0 aliphatic carbocycles. The third-order valence-corrected chi connectivity index (χ3v) is 5.31. The maximum absolute atomic E-state index is 5.82. The highest BCUT2D eigenvalue weighted by Gasteiger charge is 2.25. The molecule has 70 valence electrons. The maximum atomic E-state index is 5.82. The van der Waals surface area contributed by atoms with Gasteiger partial charge in [-0.1, -0.05) is 31.7 Å². The highest BCUT2D eigenvalue weighted by atomic mass is 28.4. The smallest absolute Gasteiger partial charge is 0.240 e. The van der Waals surface area contributed by atoms with Gasteiger partial charge in [0.1, 0.15) is 0 Å². The van der Waals surface area contributed by atoms with E-state index in [1.807, 2.05) is 11.4 Å². The van der Waals surface area contributed by atoms with E-state index in [1.165, 1.54) is 0 Å². The van der Waals surface area contributed by atoms with Crippen molar-refractivity contribution >= 4 is 8.32 Å². The molecule has 1 nitrogen and oxygen atoms in total. The van der Waals surface area contributed by atoms with Gasteiger partial charge in [-0.3, -0.25) is 0 Å². The Kier molecular flexibility index (Phi) is 6.03. The van der Waals surface area contributed by atoms with Gasteiger partial charge < -0.3 is 4.43 Å². The van der Waals surface area contributed by atoms with Crippen LogP contribution in [0.15, 0.2) is 24.6 Å². The lowest BCUT2D eigenvalue weighted by Gasteiger charge is -2.23. The summed E-state index contributed by atoms with van der Waals surface area (Å²) >= 11 is 0. The number of rotatable bonds is 7. The van der Waals surface area contributed by atoms with Crippen LogP contribution in [0, 0.1) is 0 Å². The summed E-state index contributed by atoms with van der Waals surface area (Å²) in [6.45, 7) is 12.8. The Balaban J connectivity index is 4.13. The summed E-state index contributed by atoms with van der Waals surface area (Å²) in [6, 6.07) is 1.11. The molecule has 12 heavy (non-hydrogen) atoms. The Labute approximate surface area is 77.3 Å². The molecule has 0 aromatic carbocycles. The van der Waals surface area contributed by atoms with Gasteiger partial charge in [0.25, 0.3) is 0 Å². The normalized spacial score (nSPS) is 11.2. The molecule has 0 saturated heterocycles. The Morgan fingerprint density at radius 3 is 2.08 bits per heavy atom. The first kappa shape index (κ1) is 11.7. The topological polar surface area (TPSA) is 9.23 Å². The molecule has 0 atom stereocenters. The Hall–Kier alpha value is -0.343. The first-order valence-electron chi connectivity index (χ1n) is 4.65. The van der Waals surface area contributed by atoms with Gasteiger partial charge >= 0.3 is 0 Å². The van der Waals surface area contributed by atoms with E-state index < -0.39 is 8.32 Å². The van der Waals surface area contributed by atoms with Crippen molar-refractivity contribution in [1.82, 2.24) is 0 Å². The average molecular weight is 184 g/mol. The number of hydrogen-bond donors (Lipinski definition) is 0. The lowest BCUT2D eigenvalue weighted by Crippen LogP contribution is -2.34. The van der Waals surface area contributed by atoms with Crippen molar-refractivity contribution in [3.05, 3.63) is 24.6 Å². The van der Waals surface area contributed by atoms with Gasteiger partial charge in [-0.25, -0.2) is 0 Å². The fourth-order valence-electron chi connectivity index (χ4n) is 1.16. The molecule has 0 heterocycles. The van der Waals surface area contributed by atoms with E-state index in [2.05, 4.69) is 27.0 Å². The zero-order valence-electron chi connectivity index (χ0n) is 8.31. The van der Waals surface area contributed by atoms with E-state index in [4.69, 9.17) is 4.43 Å². The van der Waals surface area contributed by atoms with E-state index in [0.29, 0.717) is 0 Å². The molecule has 0 aliphatic heterocycles. The summed E-state index contributed by atoms with van der Waals surface area (Å²) in [5.74, 6) is 0. The molecule has 0 rings (SSSR count). The molecular formula is C10H20OSi. The van der Waals surface area contributed by atoms with Crippen LogP contribution in [-0.2, 0) is 4.43 Å². The minimum Gasteiger partial charge on any atom is -0.409 e. The quantitative estimate of drug-likeness (QED) is 0.552. The van der Waals surface area contributed by atoms with Crippen LogP contribution in [0.25, 0.3) is 0 Å². The van der Waals surface area contributed by atoms with Crippen molar-refractivity contribution in [2.45, 2.75) is 32.7 Å². The zero-order chi connectivity index (χ0) is 9.45. The standard InChI is InChI=1S/C10H20OSi/c1-5-9-11-12(7-3,8-4)10-6-2/h7-8H,3-6,9-10H2,1-2H3. The van der Waals surface area contributed by atoms with Crippen molar-refractivity contribution in [3.8, 4) is 0 Å². The van der Waals surface area contributed by atoms with Crippen molar-refractivity contribution in [1.29, 1.82) is 0 Å². The fraction of sp³-hybridized carbons (Fsp3) is 0.600. The summed E-state index contributed by atoms with van der Waals surface area (Å²) < 4.78 is 5.82. The van der Waals surface area contributed by atoms with E-state index in [1.54, 1.807) is 0 Å². The highest BCUT2D eigenvalue weighted by Crippen LogP contribution is 2.16. The van der Waals surface area contributed by atoms with Crippen LogP contribution in [0.3, 0.4) is 0 Å². The SMILES string of the molecule is C=C[Si](C=C)(CCC)OCCC. The molecule has 0 aliphatic rings. The molecule has 0 saturated carbocycles. The van der Waals surface area contributed by atoms with Crippen LogP contribution in [0.1, 0.15) is 26.7 Å². The molecule has 0 N–H and O–H groups in total. The molecular weight excluding hydrogens is 164 g/mol. The van der Waals surface area contributed by atoms with Crippen molar-refractivity contribution < 1.29 is 4.43 Å². The second kappa shape index (κ2) is 6.20. The first-order valence-corrected chi connectivity index (χ1v) is 6.92. The minimum atomic E-state index is -1.74. The molecule has 2 heteroatoms. The van der Waals surface area contributed by atoms with Crippen LogP contribution >= 0.6 is 0 Å². The second-order valence-corrected chi connectivity index (χ2v) is 6.48. The highest BCUT2D eigenvalue weighted by molar-refractivity contribution is 6.83. The van der Waals surface area contributed by atoms with Crippen LogP contribution in [0.5, 0.6) is 0 Å². The van der Waals surface area contributed by atoms with Crippen molar-refractivity contribution in [2.75, 3.05) is 6.61 Å². The zero-order valence-corrected chi connectivity index (χ0v) is 9.31. The van der Waals surface area contributed by atoms with Gasteiger partial charge in [-0.05, 0) is 12.5 Å². The summed E-state index contributed by atoms with van der Waals surface area (Å²) in [6.07, 6.45) is 2.22. The third kappa shape index (κ3) is 3.37. The maximum Gasteiger partial charge on any atom is 0.240 e. The van der Waals surface area contributed by atoms with Gasteiger partial charge in [0, 0.05) is 6.61 Å². The van der Waals surface area contributed by atoms with Crippen LogP contribution < -0.4 is 0 Å². The second-order valence-electron chi connectivity index (χ2n) is 2.96. The van der Waals surface area contributed by atoms with Crippen molar-refractivity contribution in [2.24, 2.45) is 0 Å². The minimum absolute atomic E-state index is 0.838. The summed E-state index contributed by atoms with van der Waals surface area (Å²) in [4.78, 5) is 0. The van der Waals surface area contributed by atoms with Gasteiger partial charge in [0.2, 0.25) is 8.32 Å². The Bertz CT molecular complexity index is 135. The van der Waals surface area contributed by atoms with E-state index in [-0.39, 0.29) is 0 Å². The van der Waals surface area contributed by atoms with Crippen LogP contribution in [0.4, 0.5) is 0 Å². The van der Waals surface area contributed by atoms with Crippen LogP contribution in [-0.4, -0.2) is 14.9 Å². The van der Waals surface area contributed by atoms with E-state index in [9.17, 15) is 0 Å². The molecule has 0 unspecified atom stereocenters. The third-order valence-electron chi connectivity index (χ3n) is 1.91. The largest absolute Gasteiger partial charge is 0.409 e. The average Bonchev–Trinajstić information content (AvgIpc) is 2.13. The number of hydrogen-bond acceptors (Lipinski definition) is 1. The molecule has 0 spiro atoms. The molecule has 0 bridgehead atoms. The van der Waals surface area contributed by atoms with E-state index >= 15 is 0 Å². The lowest BCUT2D eigenvalue weighted by atomic mass is 10.5. The monoisotopic (exact) mass is 184 g/mol. The molecule has 0 amide bonds. The van der Waals surface area contributed by atoms with Gasteiger partial charge in [-0.15, -0.1) is 13.2 Å². The van der Waals surface area contributed by atoms with Gasteiger partial charge in [-0.2, -0.15) is 0 Å². The van der Waals surface area contributed by atoms with Gasteiger partial charge in [0.15, 0.2) is 0 Å². The Morgan fingerprint density at radius 2 is 1.75 bits per heavy atom. The summed E-state index contributed by atoms with van der Waals surface area (Å²) in [5.41, 5.74) is 3.97. The first-order chi connectivity index (χ1) is 5.74. The summed E-state index contributed by atoms with van der Waals surface area (Å²) in [7, 11) is -1.74. The Morgan fingerprint density at radius 1 is 1.17 bits per heavy atom. The van der Waals surface area contributed by atoms with Gasteiger partial charge in [0.05, 0.1) is 0 Å². The lowest BCUT2D eigenvalue weighted by molar-refractivity contribution is 0.313. The van der Waals surface area contributed by atoms with E-state index in [0.717, 1.165) is 25.5 Å². The molecule has 0 aromatic rings. The predicted octanol–water partition coefficient (Wildman–Crippen LogP) is 3.22. The molecule has 0 aromatic heterocycles.